The molecule has 0 aliphatic carbocycles. The van der Waals surface area contributed by atoms with Crippen LogP contribution in [-0.4, -0.2) is 44.1 Å². The van der Waals surface area contributed by atoms with E-state index in [1.807, 2.05) is 66.5 Å². The van der Waals surface area contributed by atoms with Gasteiger partial charge in [0.2, 0.25) is 5.91 Å². The van der Waals surface area contributed by atoms with Gasteiger partial charge in [0.25, 0.3) is 0 Å². The molecule has 0 bridgehead atoms. The van der Waals surface area contributed by atoms with E-state index in [0.29, 0.717) is 26.1 Å². The Morgan fingerprint density at radius 3 is 2.46 bits per heavy atom. The number of halogens is 1. The van der Waals surface area contributed by atoms with Gasteiger partial charge in [0.05, 0.1) is 19.0 Å². The SMILES string of the molecule is CN(CCOc1ccc(Br)cc1)CC(=O)N(CCC#N)c1ccccc1. The Labute approximate surface area is 162 Å². The summed E-state index contributed by atoms with van der Waals surface area (Å²) in [5.74, 6) is 0.769. The Morgan fingerprint density at radius 1 is 1.12 bits per heavy atom. The molecule has 0 aliphatic rings. The Morgan fingerprint density at radius 2 is 1.81 bits per heavy atom. The summed E-state index contributed by atoms with van der Waals surface area (Å²) in [6.45, 7) is 1.78. The Balaban J connectivity index is 1.85. The van der Waals surface area contributed by atoms with Gasteiger partial charge in [-0.25, -0.2) is 0 Å². The molecular weight excluding hydrogens is 394 g/mol. The number of likely N-dealkylation sites (N-methyl/N-ethyl adjacent to an activating group) is 1. The van der Waals surface area contributed by atoms with Crippen molar-refractivity contribution in [3.63, 3.8) is 0 Å². The third-order valence-electron chi connectivity index (χ3n) is 3.78. The van der Waals surface area contributed by atoms with Crippen LogP contribution in [0.1, 0.15) is 6.42 Å². The minimum Gasteiger partial charge on any atom is -0.492 e. The zero-order valence-electron chi connectivity index (χ0n) is 14.8. The van der Waals surface area contributed by atoms with Crippen LogP contribution >= 0.6 is 15.9 Å². The number of hydrogen-bond donors (Lipinski definition) is 0. The lowest BCUT2D eigenvalue weighted by Gasteiger charge is -2.25. The van der Waals surface area contributed by atoms with Gasteiger partial charge in [0.15, 0.2) is 0 Å². The predicted molar refractivity (Wildman–Crippen MR) is 106 cm³/mol. The van der Waals surface area contributed by atoms with E-state index in [1.165, 1.54) is 0 Å². The van der Waals surface area contributed by atoms with E-state index >= 15 is 0 Å². The van der Waals surface area contributed by atoms with E-state index in [4.69, 9.17) is 10.00 Å². The van der Waals surface area contributed by atoms with Crippen LogP contribution in [0.25, 0.3) is 0 Å². The van der Waals surface area contributed by atoms with Crippen molar-refractivity contribution in [2.24, 2.45) is 0 Å². The second-order valence-corrected chi connectivity index (χ2v) is 6.74. The van der Waals surface area contributed by atoms with Crippen LogP contribution in [0.4, 0.5) is 5.69 Å². The number of anilines is 1. The van der Waals surface area contributed by atoms with Crippen LogP contribution in [-0.2, 0) is 4.79 Å². The summed E-state index contributed by atoms with van der Waals surface area (Å²) >= 11 is 3.39. The largest absolute Gasteiger partial charge is 0.492 e. The van der Waals surface area contributed by atoms with Gasteiger partial charge in [0.1, 0.15) is 12.4 Å². The average molecular weight is 416 g/mol. The zero-order valence-corrected chi connectivity index (χ0v) is 16.4. The lowest BCUT2D eigenvalue weighted by Crippen LogP contribution is -2.40. The fourth-order valence-electron chi connectivity index (χ4n) is 2.41. The Bertz CT molecular complexity index is 729. The molecule has 2 aromatic carbocycles. The van der Waals surface area contributed by atoms with Crippen molar-refractivity contribution in [3.8, 4) is 11.8 Å². The van der Waals surface area contributed by atoms with Crippen molar-refractivity contribution in [2.75, 3.05) is 38.2 Å². The molecule has 0 saturated carbocycles. The number of ether oxygens (including phenoxy) is 1. The number of nitriles is 1. The van der Waals surface area contributed by atoms with Gasteiger partial charge >= 0.3 is 0 Å². The van der Waals surface area contributed by atoms with Gasteiger partial charge in [-0.1, -0.05) is 34.1 Å². The van der Waals surface area contributed by atoms with Crippen molar-refractivity contribution < 1.29 is 9.53 Å². The number of benzene rings is 2. The normalized spacial score (nSPS) is 10.4. The van der Waals surface area contributed by atoms with Crippen LogP contribution in [0, 0.1) is 11.3 Å². The van der Waals surface area contributed by atoms with E-state index in [9.17, 15) is 4.79 Å². The molecule has 2 rings (SSSR count). The third-order valence-corrected chi connectivity index (χ3v) is 4.31. The summed E-state index contributed by atoms with van der Waals surface area (Å²) < 4.78 is 6.70. The highest BCUT2D eigenvalue weighted by Crippen LogP contribution is 2.16. The Kier molecular flexibility index (Phi) is 8.13. The monoisotopic (exact) mass is 415 g/mol. The first kappa shape index (κ1) is 20.0. The fraction of sp³-hybridized carbons (Fsp3) is 0.300. The lowest BCUT2D eigenvalue weighted by molar-refractivity contribution is -0.119. The summed E-state index contributed by atoms with van der Waals surface area (Å²) in [7, 11) is 1.89. The van der Waals surface area contributed by atoms with Gasteiger partial charge in [-0.15, -0.1) is 0 Å². The molecule has 5 nitrogen and oxygen atoms in total. The highest BCUT2D eigenvalue weighted by Gasteiger charge is 2.17. The summed E-state index contributed by atoms with van der Waals surface area (Å²) in [5, 5.41) is 8.85. The third kappa shape index (κ3) is 6.51. The van der Waals surface area contributed by atoms with E-state index in [2.05, 4.69) is 22.0 Å². The maximum absolute atomic E-state index is 12.7. The number of carbonyl (C=O) groups is 1. The number of amides is 1. The first-order valence-electron chi connectivity index (χ1n) is 8.39. The first-order valence-corrected chi connectivity index (χ1v) is 9.18. The molecule has 0 unspecified atom stereocenters. The van der Waals surface area contributed by atoms with Crippen molar-refractivity contribution >= 4 is 27.5 Å². The van der Waals surface area contributed by atoms with Crippen molar-refractivity contribution in [3.05, 3.63) is 59.1 Å². The predicted octanol–water partition coefficient (Wildman–Crippen LogP) is 3.71. The molecule has 0 aliphatic heterocycles. The zero-order chi connectivity index (χ0) is 18.8. The van der Waals surface area contributed by atoms with Crippen molar-refractivity contribution in [2.45, 2.75) is 6.42 Å². The molecule has 1 amide bonds. The summed E-state index contributed by atoms with van der Waals surface area (Å²) in [5.41, 5.74) is 0.812. The van der Waals surface area contributed by atoms with Gasteiger partial charge in [-0.05, 0) is 43.4 Å². The van der Waals surface area contributed by atoms with Crippen LogP contribution < -0.4 is 9.64 Å². The van der Waals surface area contributed by atoms with Crippen LogP contribution in [0.3, 0.4) is 0 Å². The van der Waals surface area contributed by atoms with E-state index in [1.54, 1.807) is 4.90 Å². The second-order valence-electron chi connectivity index (χ2n) is 5.83. The molecule has 0 heterocycles. The lowest BCUT2D eigenvalue weighted by atomic mass is 10.2. The van der Waals surface area contributed by atoms with E-state index < -0.39 is 0 Å². The maximum Gasteiger partial charge on any atom is 0.241 e. The quantitative estimate of drug-likeness (QED) is 0.626. The minimum absolute atomic E-state index is 0.0300. The molecule has 0 N–H and O–H groups in total. The molecule has 0 atom stereocenters. The van der Waals surface area contributed by atoms with Gasteiger partial charge in [-0.2, -0.15) is 5.26 Å². The smallest absolute Gasteiger partial charge is 0.241 e. The average Bonchev–Trinajstić information content (AvgIpc) is 2.64. The molecule has 136 valence electrons. The van der Waals surface area contributed by atoms with Crippen molar-refractivity contribution in [1.29, 1.82) is 5.26 Å². The standard InChI is InChI=1S/C20H22BrN3O2/c1-23(14-15-26-19-10-8-17(21)9-11-19)16-20(25)24(13-5-12-22)18-6-3-2-4-7-18/h2-4,6-11H,5,13-16H2,1H3. The van der Waals surface area contributed by atoms with Gasteiger partial charge in [0, 0.05) is 23.2 Å². The number of carbonyl (C=O) groups excluding carboxylic acids is 1. The van der Waals surface area contributed by atoms with Crippen LogP contribution in [0.15, 0.2) is 59.1 Å². The molecule has 2 aromatic rings. The maximum atomic E-state index is 12.7. The number of rotatable bonds is 9. The van der Waals surface area contributed by atoms with Crippen LogP contribution in [0.2, 0.25) is 0 Å². The van der Waals surface area contributed by atoms with Crippen LogP contribution in [0.5, 0.6) is 5.75 Å². The fourth-order valence-corrected chi connectivity index (χ4v) is 2.68. The summed E-state index contributed by atoms with van der Waals surface area (Å²) in [6, 6.07) is 19.2. The number of hydrogen-bond acceptors (Lipinski definition) is 4. The van der Waals surface area contributed by atoms with Crippen molar-refractivity contribution in [1.82, 2.24) is 4.90 Å². The first-order chi connectivity index (χ1) is 12.6. The molecule has 0 radical (unpaired) electrons. The molecule has 6 heteroatoms. The summed E-state index contributed by atoms with van der Waals surface area (Å²) in [6.07, 6.45) is 0.303. The molecule has 0 saturated heterocycles. The number of para-hydroxylation sites is 1. The van der Waals surface area contributed by atoms with Gasteiger partial charge in [-0.3, -0.25) is 9.69 Å². The molecule has 0 fully saturated rings. The molecule has 0 spiro atoms. The highest BCUT2D eigenvalue weighted by atomic mass is 79.9. The highest BCUT2D eigenvalue weighted by molar-refractivity contribution is 9.10. The van der Waals surface area contributed by atoms with Gasteiger partial charge < -0.3 is 9.64 Å². The molecular formula is C20H22BrN3O2. The topological polar surface area (TPSA) is 56.6 Å². The number of nitrogens with zero attached hydrogens (tertiary/aromatic N) is 3. The summed E-state index contributed by atoms with van der Waals surface area (Å²) in [4.78, 5) is 16.2. The van der Waals surface area contributed by atoms with E-state index in [0.717, 1.165) is 15.9 Å². The molecule has 0 aromatic heterocycles. The molecule has 26 heavy (non-hydrogen) atoms. The van der Waals surface area contributed by atoms with E-state index in [-0.39, 0.29) is 12.5 Å². The minimum atomic E-state index is -0.0300. The second kappa shape index (κ2) is 10.6. The Hall–Kier alpha value is -2.36.